The molecule has 20 heavy (non-hydrogen) atoms. The van der Waals surface area contributed by atoms with Gasteiger partial charge in [-0.1, -0.05) is 13.8 Å². The van der Waals surface area contributed by atoms with Crippen LogP contribution in [-0.2, 0) is 9.59 Å². The molecule has 0 unspecified atom stereocenters. The van der Waals surface area contributed by atoms with Crippen LogP contribution < -0.4 is 9.64 Å². The van der Waals surface area contributed by atoms with Crippen molar-refractivity contribution in [3.8, 4) is 5.75 Å². The van der Waals surface area contributed by atoms with Crippen molar-refractivity contribution in [3.05, 3.63) is 23.8 Å². The molecule has 0 saturated carbocycles. The number of ether oxygens (including phenoxy) is 1. The maximum atomic E-state index is 12.3. The van der Waals surface area contributed by atoms with Crippen LogP contribution in [0.5, 0.6) is 5.75 Å². The Bertz CT molecular complexity index is 606. The maximum Gasteiger partial charge on any atom is 0.335 e. The van der Waals surface area contributed by atoms with Crippen molar-refractivity contribution in [2.75, 3.05) is 12.0 Å². The van der Waals surface area contributed by atoms with Crippen molar-refractivity contribution in [2.45, 2.75) is 20.3 Å². The van der Waals surface area contributed by atoms with E-state index in [1.165, 1.54) is 25.3 Å². The number of carbonyl (C=O) groups is 3. The molecule has 1 N–H and O–H groups in total. The van der Waals surface area contributed by atoms with E-state index >= 15 is 0 Å². The summed E-state index contributed by atoms with van der Waals surface area (Å²) in [6, 6.07) is 4.07. The molecule has 1 aliphatic heterocycles. The molecule has 0 aliphatic carbocycles. The van der Waals surface area contributed by atoms with Gasteiger partial charge in [0.15, 0.2) is 0 Å². The zero-order chi connectivity index (χ0) is 15.1. The molecule has 0 spiro atoms. The van der Waals surface area contributed by atoms with Gasteiger partial charge in [0.2, 0.25) is 11.8 Å². The Morgan fingerprint density at radius 3 is 2.45 bits per heavy atom. The Balaban J connectivity index is 2.56. The number of benzene rings is 1. The average molecular weight is 277 g/mol. The normalized spacial score (nSPS) is 17.4. The van der Waals surface area contributed by atoms with Gasteiger partial charge in [-0.15, -0.1) is 0 Å². The van der Waals surface area contributed by atoms with Gasteiger partial charge in [-0.2, -0.15) is 0 Å². The van der Waals surface area contributed by atoms with Crippen LogP contribution in [0, 0.1) is 5.41 Å². The Hall–Kier alpha value is -2.37. The number of imide groups is 1. The van der Waals surface area contributed by atoms with Gasteiger partial charge in [0.1, 0.15) is 5.75 Å². The zero-order valence-electron chi connectivity index (χ0n) is 11.5. The smallest absolute Gasteiger partial charge is 0.335 e. The predicted octanol–water partition coefficient (Wildman–Crippen LogP) is 1.68. The van der Waals surface area contributed by atoms with E-state index in [-0.39, 0.29) is 35.2 Å². The third-order valence-corrected chi connectivity index (χ3v) is 3.29. The highest BCUT2D eigenvalue weighted by molar-refractivity contribution is 6.23. The van der Waals surface area contributed by atoms with E-state index in [2.05, 4.69) is 0 Å². The van der Waals surface area contributed by atoms with Crippen LogP contribution in [0.25, 0.3) is 0 Å². The zero-order valence-corrected chi connectivity index (χ0v) is 11.5. The van der Waals surface area contributed by atoms with Crippen LogP contribution in [-0.4, -0.2) is 30.0 Å². The SMILES string of the molecule is COc1ccc(C(=O)O)cc1N1C(=O)CC(C)(C)C1=O. The lowest BCUT2D eigenvalue weighted by Crippen LogP contribution is -2.33. The summed E-state index contributed by atoms with van der Waals surface area (Å²) in [6.45, 7) is 3.36. The van der Waals surface area contributed by atoms with E-state index in [0.717, 1.165) is 4.90 Å². The largest absolute Gasteiger partial charge is 0.495 e. The number of methoxy groups -OCH3 is 1. The number of nitrogens with zero attached hydrogens (tertiary/aromatic N) is 1. The Morgan fingerprint density at radius 2 is 2.00 bits per heavy atom. The van der Waals surface area contributed by atoms with E-state index in [1.54, 1.807) is 13.8 Å². The second-order valence-corrected chi connectivity index (χ2v) is 5.29. The summed E-state index contributed by atoms with van der Waals surface area (Å²) in [7, 11) is 1.40. The van der Waals surface area contributed by atoms with Crippen LogP contribution in [0.3, 0.4) is 0 Å². The first kappa shape index (κ1) is 14.0. The molecule has 1 aliphatic rings. The minimum Gasteiger partial charge on any atom is -0.495 e. The standard InChI is InChI=1S/C14H15NO5/c1-14(2)7-11(16)15(13(14)19)9-6-8(12(17)18)4-5-10(9)20-3/h4-6H,7H2,1-3H3,(H,17,18). The molecule has 1 aromatic carbocycles. The van der Waals surface area contributed by atoms with Crippen molar-refractivity contribution in [2.24, 2.45) is 5.41 Å². The molecule has 1 saturated heterocycles. The average Bonchev–Trinajstić information content (AvgIpc) is 2.57. The third kappa shape index (κ3) is 2.13. The summed E-state index contributed by atoms with van der Waals surface area (Å²) in [5, 5.41) is 9.02. The Morgan fingerprint density at radius 1 is 1.35 bits per heavy atom. The summed E-state index contributed by atoms with van der Waals surface area (Å²) in [6.07, 6.45) is 0.0896. The van der Waals surface area contributed by atoms with Crippen molar-refractivity contribution in [1.29, 1.82) is 0 Å². The van der Waals surface area contributed by atoms with Crippen molar-refractivity contribution >= 4 is 23.5 Å². The molecule has 6 heteroatoms. The summed E-state index contributed by atoms with van der Waals surface area (Å²) >= 11 is 0. The molecule has 1 aromatic rings. The van der Waals surface area contributed by atoms with Crippen LogP contribution in [0.15, 0.2) is 18.2 Å². The van der Waals surface area contributed by atoms with Gasteiger partial charge in [-0.3, -0.25) is 9.59 Å². The predicted molar refractivity (Wildman–Crippen MR) is 70.8 cm³/mol. The van der Waals surface area contributed by atoms with Gasteiger partial charge in [0, 0.05) is 6.42 Å². The van der Waals surface area contributed by atoms with E-state index in [0.29, 0.717) is 0 Å². The molecule has 0 atom stereocenters. The summed E-state index contributed by atoms with van der Waals surface area (Å²) in [4.78, 5) is 36.4. The fraction of sp³-hybridized carbons (Fsp3) is 0.357. The van der Waals surface area contributed by atoms with E-state index in [1.807, 2.05) is 0 Å². The molecule has 0 aromatic heterocycles. The lowest BCUT2D eigenvalue weighted by Gasteiger charge is -2.20. The fourth-order valence-electron chi connectivity index (χ4n) is 2.19. The fourth-order valence-corrected chi connectivity index (χ4v) is 2.19. The molecule has 1 fully saturated rings. The summed E-state index contributed by atoms with van der Waals surface area (Å²) < 4.78 is 5.12. The lowest BCUT2D eigenvalue weighted by atomic mass is 9.92. The number of aromatic carboxylic acids is 1. The van der Waals surface area contributed by atoms with Crippen LogP contribution in [0.4, 0.5) is 5.69 Å². The van der Waals surface area contributed by atoms with Crippen LogP contribution in [0.1, 0.15) is 30.6 Å². The highest BCUT2D eigenvalue weighted by Gasteiger charge is 2.46. The molecular weight excluding hydrogens is 262 g/mol. The number of carboxylic acids is 1. The molecule has 0 radical (unpaired) electrons. The first-order chi connectivity index (χ1) is 9.27. The van der Waals surface area contributed by atoms with Crippen LogP contribution >= 0.6 is 0 Å². The van der Waals surface area contributed by atoms with Gasteiger partial charge in [-0.05, 0) is 18.2 Å². The molecule has 106 valence electrons. The Kier molecular flexibility index (Phi) is 3.25. The number of carbonyl (C=O) groups excluding carboxylic acids is 2. The topological polar surface area (TPSA) is 83.9 Å². The van der Waals surface area contributed by atoms with Crippen molar-refractivity contribution in [3.63, 3.8) is 0 Å². The molecule has 1 heterocycles. The first-order valence-corrected chi connectivity index (χ1v) is 6.06. The number of carboxylic acid groups (broad SMARTS) is 1. The second kappa shape index (κ2) is 4.63. The molecular formula is C14H15NO5. The van der Waals surface area contributed by atoms with Gasteiger partial charge in [0.05, 0.1) is 23.8 Å². The lowest BCUT2D eigenvalue weighted by molar-refractivity contribution is -0.124. The molecule has 6 nitrogen and oxygen atoms in total. The minimum atomic E-state index is -1.13. The van der Waals surface area contributed by atoms with E-state index < -0.39 is 11.4 Å². The summed E-state index contributed by atoms with van der Waals surface area (Å²) in [5.74, 6) is -1.56. The quantitative estimate of drug-likeness (QED) is 0.850. The molecule has 2 amide bonds. The number of rotatable bonds is 3. The van der Waals surface area contributed by atoms with E-state index in [9.17, 15) is 14.4 Å². The van der Waals surface area contributed by atoms with E-state index in [4.69, 9.17) is 9.84 Å². The van der Waals surface area contributed by atoms with Gasteiger partial charge in [-0.25, -0.2) is 9.69 Å². The highest BCUT2D eigenvalue weighted by atomic mass is 16.5. The Labute approximate surface area is 115 Å². The number of amides is 2. The maximum absolute atomic E-state index is 12.3. The van der Waals surface area contributed by atoms with Crippen LogP contribution in [0.2, 0.25) is 0 Å². The summed E-state index contributed by atoms with van der Waals surface area (Å²) in [5.41, 5.74) is -0.625. The number of hydrogen-bond donors (Lipinski definition) is 1. The minimum absolute atomic E-state index is 0.00824. The van der Waals surface area contributed by atoms with Crippen molar-refractivity contribution in [1.82, 2.24) is 0 Å². The second-order valence-electron chi connectivity index (χ2n) is 5.29. The van der Waals surface area contributed by atoms with Crippen molar-refractivity contribution < 1.29 is 24.2 Å². The molecule has 2 rings (SSSR count). The first-order valence-electron chi connectivity index (χ1n) is 6.06. The highest BCUT2D eigenvalue weighted by Crippen LogP contribution is 2.39. The number of hydrogen-bond acceptors (Lipinski definition) is 4. The molecule has 0 bridgehead atoms. The number of anilines is 1. The third-order valence-electron chi connectivity index (χ3n) is 3.29. The monoisotopic (exact) mass is 277 g/mol. The van der Waals surface area contributed by atoms with Gasteiger partial charge in [0.25, 0.3) is 0 Å². The van der Waals surface area contributed by atoms with Gasteiger partial charge >= 0.3 is 5.97 Å². The van der Waals surface area contributed by atoms with Gasteiger partial charge < -0.3 is 9.84 Å².